The minimum Gasteiger partial charge on any atom is -0.309 e. The van der Waals surface area contributed by atoms with Crippen molar-refractivity contribution in [3.05, 3.63) is 152 Å². The fourth-order valence-electron chi connectivity index (χ4n) is 6.10. The summed E-state index contributed by atoms with van der Waals surface area (Å²) < 4.78 is 3.42. The van der Waals surface area contributed by atoms with Crippen LogP contribution in [0.15, 0.2) is 152 Å². The van der Waals surface area contributed by atoms with Gasteiger partial charge in [-0.2, -0.15) is 0 Å². The molecule has 0 amide bonds. The van der Waals surface area contributed by atoms with Crippen LogP contribution in [0.4, 0.5) is 0 Å². The molecule has 3 aromatic heterocycles. The molecule has 0 unspecified atom stereocenters. The van der Waals surface area contributed by atoms with Gasteiger partial charge in [0.15, 0.2) is 17.5 Å². The second-order valence-corrected chi connectivity index (χ2v) is 12.2. The summed E-state index contributed by atoms with van der Waals surface area (Å²) in [6.07, 6.45) is 0. The summed E-state index contributed by atoms with van der Waals surface area (Å²) in [7, 11) is 0. The minimum atomic E-state index is 0.637. The summed E-state index contributed by atoms with van der Waals surface area (Å²) in [5, 5.41) is 3.47. The van der Waals surface area contributed by atoms with E-state index in [4.69, 9.17) is 19.9 Å². The number of fused-ring (bicyclic) bond motifs is 4. The molecule has 0 saturated carbocycles. The molecule has 5 nitrogen and oxygen atoms in total. The summed E-state index contributed by atoms with van der Waals surface area (Å²) in [5.74, 6) is 1.94. The molecule has 0 aliphatic carbocycles. The van der Waals surface area contributed by atoms with Crippen molar-refractivity contribution >= 4 is 43.4 Å². The second-order valence-electron chi connectivity index (χ2n) is 11.2. The number of benzene rings is 6. The molecule has 6 aromatic carbocycles. The number of aromatic nitrogens is 5. The van der Waals surface area contributed by atoms with E-state index in [1.807, 2.05) is 60.7 Å². The first-order chi connectivity index (χ1) is 22.8. The maximum Gasteiger partial charge on any atom is 0.164 e. The Morgan fingerprint density at radius 1 is 0.413 bits per heavy atom. The topological polar surface area (TPSA) is 56.5 Å². The summed E-state index contributed by atoms with van der Waals surface area (Å²) in [6, 6.07) is 52.2. The smallest absolute Gasteiger partial charge is 0.164 e. The van der Waals surface area contributed by atoms with E-state index < -0.39 is 0 Å². The Kier molecular flexibility index (Phi) is 6.25. The molecule has 0 bridgehead atoms. The van der Waals surface area contributed by atoms with Gasteiger partial charge in [0.1, 0.15) is 5.01 Å². The third-order valence-electron chi connectivity index (χ3n) is 8.28. The predicted molar refractivity (Wildman–Crippen MR) is 189 cm³/mol. The Balaban J connectivity index is 1.14. The summed E-state index contributed by atoms with van der Waals surface area (Å²) in [5.41, 5.74) is 8.36. The molecule has 46 heavy (non-hydrogen) atoms. The SMILES string of the molecule is c1ccc(-c2nc(-c3ccccc3)nc(-c3ccc4nc(-c5cccc(-n6c7ccccc7c7ccccc76)c5)sc4c3)n2)cc1. The van der Waals surface area contributed by atoms with E-state index in [0.29, 0.717) is 17.5 Å². The molecule has 9 rings (SSSR count). The molecule has 0 atom stereocenters. The lowest BCUT2D eigenvalue weighted by Gasteiger charge is -2.09. The first-order valence-electron chi connectivity index (χ1n) is 15.2. The fourth-order valence-corrected chi connectivity index (χ4v) is 7.10. The molecule has 0 aliphatic heterocycles. The Bertz CT molecular complexity index is 2420. The number of thiazole rings is 1. The van der Waals surface area contributed by atoms with Crippen molar-refractivity contribution in [2.24, 2.45) is 0 Å². The predicted octanol–water partition coefficient (Wildman–Crippen LogP) is 10.2. The van der Waals surface area contributed by atoms with Crippen LogP contribution in [0.2, 0.25) is 0 Å². The van der Waals surface area contributed by atoms with Gasteiger partial charge in [0, 0.05) is 38.7 Å². The first-order valence-corrected chi connectivity index (χ1v) is 16.0. The van der Waals surface area contributed by atoms with Crippen LogP contribution in [-0.2, 0) is 0 Å². The average molecular weight is 608 g/mol. The molecular weight excluding hydrogens is 583 g/mol. The van der Waals surface area contributed by atoms with Crippen LogP contribution in [0.25, 0.3) is 82.4 Å². The van der Waals surface area contributed by atoms with Crippen molar-refractivity contribution in [2.45, 2.75) is 0 Å². The Morgan fingerprint density at radius 3 is 1.59 bits per heavy atom. The third kappa shape index (κ3) is 4.55. The van der Waals surface area contributed by atoms with Crippen LogP contribution < -0.4 is 0 Å². The van der Waals surface area contributed by atoms with Gasteiger partial charge in [-0.15, -0.1) is 11.3 Å². The van der Waals surface area contributed by atoms with Crippen molar-refractivity contribution in [1.82, 2.24) is 24.5 Å². The van der Waals surface area contributed by atoms with E-state index >= 15 is 0 Å². The van der Waals surface area contributed by atoms with E-state index in [2.05, 4.69) is 95.6 Å². The van der Waals surface area contributed by atoms with Crippen LogP contribution in [0.3, 0.4) is 0 Å². The lowest BCUT2D eigenvalue weighted by molar-refractivity contribution is 1.07. The number of nitrogens with zero attached hydrogens (tertiary/aromatic N) is 5. The van der Waals surface area contributed by atoms with E-state index in [0.717, 1.165) is 43.2 Å². The molecule has 0 fully saturated rings. The minimum absolute atomic E-state index is 0.637. The highest BCUT2D eigenvalue weighted by Crippen LogP contribution is 2.36. The van der Waals surface area contributed by atoms with Gasteiger partial charge in [0.2, 0.25) is 0 Å². The lowest BCUT2D eigenvalue weighted by atomic mass is 10.1. The average Bonchev–Trinajstić information content (AvgIpc) is 3.71. The number of hydrogen-bond donors (Lipinski definition) is 0. The summed E-state index contributed by atoms with van der Waals surface area (Å²) in [4.78, 5) is 19.7. The first kappa shape index (κ1) is 26.4. The van der Waals surface area contributed by atoms with Gasteiger partial charge < -0.3 is 4.57 Å². The van der Waals surface area contributed by atoms with E-state index in [-0.39, 0.29) is 0 Å². The summed E-state index contributed by atoms with van der Waals surface area (Å²) in [6.45, 7) is 0. The highest BCUT2D eigenvalue weighted by Gasteiger charge is 2.16. The van der Waals surface area contributed by atoms with Gasteiger partial charge in [-0.05, 0) is 42.5 Å². The molecule has 9 aromatic rings. The van der Waals surface area contributed by atoms with Crippen molar-refractivity contribution < 1.29 is 0 Å². The quantitative estimate of drug-likeness (QED) is 0.195. The van der Waals surface area contributed by atoms with Gasteiger partial charge in [-0.1, -0.05) is 109 Å². The van der Waals surface area contributed by atoms with Gasteiger partial charge in [0.25, 0.3) is 0 Å². The van der Waals surface area contributed by atoms with E-state index in [1.165, 1.54) is 21.8 Å². The van der Waals surface area contributed by atoms with Gasteiger partial charge in [-0.25, -0.2) is 19.9 Å². The molecular formula is C40H25N5S. The fraction of sp³-hybridized carbons (Fsp3) is 0. The standard InChI is InChI=1S/C40H25N5S/c1-3-12-26(13-4-1)37-42-38(27-14-5-2-6-15-27)44-39(43-37)28-22-23-33-36(25-28)46-40(41-33)29-16-11-17-30(24-29)45-34-20-9-7-18-31(34)32-19-8-10-21-35(32)45/h1-25H. The second kappa shape index (κ2) is 10.9. The number of rotatable bonds is 5. The summed E-state index contributed by atoms with van der Waals surface area (Å²) >= 11 is 1.68. The third-order valence-corrected chi connectivity index (χ3v) is 9.34. The van der Waals surface area contributed by atoms with Crippen molar-refractivity contribution in [3.8, 4) is 50.4 Å². The molecule has 216 valence electrons. The zero-order chi connectivity index (χ0) is 30.5. The molecule has 0 N–H and O–H groups in total. The zero-order valence-electron chi connectivity index (χ0n) is 24.6. The monoisotopic (exact) mass is 607 g/mol. The Hall–Kier alpha value is -5.98. The van der Waals surface area contributed by atoms with Crippen LogP contribution in [0.5, 0.6) is 0 Å². The van der Waals surface area contributed by atoms with Crippen LogP contribution in [-0.4, -0.2) is 24.5 Å². The molecule has 3 heterocycles. The van der Waals surface area contributed by atoms with Crippen molar-refractivity contribution in [2.75, 3.05) is 0 Å². The lowest BCUT2D eigenvalue weighted by Crippen LogP contribution is -1.99. The Labute approximate surface area is 269 Å². The van der Waals surface area contributed by atoms with E-state index in [1.54, 1.807) is 11.3 Å². The number of hydrogen-bond acceptors (Lipinski definition) is 5. The van der Waals surface area contributed by atoms with Crippen molar-refractivity contribution in [1.29, 1.82) is 0 Å². The van der Waals surface area contributed by atoms with Crippen LogP contribution >= 0.6 is 11.3 Å². The molecule has 0 aliphatic rings. The molecule has 6 heteroatoms. The highest BCUT2D eigenvalue weighted by atomic mass is 32.1. The van der Waals surface area contributed by atoms with Crippen LogP contribution in [0.1, 0.15) is 0 Å². The normalized spacial score (nSPS) is 11.5. The highest BCUT2D eigenvalue weighted by molar-refractivity contribution is 7.21. The Morgan fingerprint density at radius 2 is 0.957 bits per heavy atom. The van der Waals surface area contributed by atoms with Gasteiger partial charge in [-0.3, -0.25) is 0 Å². The van der Waals surface area contributed by atoms with Gasteiger partial charge >= 0.3 is 0 Å². The maximum atomic E-state index is 5.05. The largest absolute Gasteiger partial charge is 0.309 e. The number of para-hydroxylation sites is 2. The van der Waals surface area contributed by atoms with E-state index in [9.17, 15) is 0 Å². The molecule has 0 radical (unpaired) electrons. The van der Waals surface area contributed by atoms with Crippen LogP contribution in [0, 0.1) is 0 Å². The molecule has 0 spiro atoms. The van der Waals surface area contributed by atoms with Crippen molar-refractivity contribution in [3.63, 3.8) is 0 Å². The zero-order valence-corrected chi connectivity index (χ0v) is 25.4. The maximum absolute atomic E-state index is 5.05. The molecule has 0 saturated heterocycles. The van der Waals surface area contributed by atoms with Gasteiger partial charge in [0.05, 0.1) is 21.3 Å².